The van der Waals surface area contributed by atoms with Crippen molar-refractivity contribution in [2.75, 3.05) is 6.54 Å². The molecule has 96 valence electrons. The van der Waals surface area contributed by atoms with Gasteiger partial charge in [0.25, 0.3) is 6.43 Å². The average Bonchev–Trinajstić information content (AvgIpc) is 2.26. The molecule has 1 aromatic rings. The van der Waals surface area contributed by atoms with Crippen LogP contribution in [0.4, 0.5) is 8.78 Å². The van der Waals surface area contributed by atoms with Gasteiger partial charge in [-0.05, 0) is 26.3 Å². The maximum atomic E-state index is 13.1. The first-order valence-electron chi connectivity index (χ1n) is 5.57. The van der Waals surface area contributed by atoms with Gasteiger partial charge in [-0.25, -0.2) is 8.78 Å². The standard InChI is InChI=1S/C13H19F2NO/c1-12(2,3)16-9-13(17,11(14)15)10-7-5-4-6-8-10/h4-8,11,16-17H,9H2,1-3H3. The van der Waals surface area contributed by atoms with Crippen molar-refractivity contribution < 1.29 is 13.9 Å². The minimum atomic E-state index is -2.83. The quantitative estimate of drug-likeness (QED) is 0.851. The topological polar surface area (TPSA) is 32.3 Å². The Labute approximate surface area is 101 Å². The Morgan fingerprint density at radius 1 is 1.18 bits per heavy atom. The Kier molecular flexibility index (Phi) is 4.22. The second-order valence-corrected chi connectivity index (χ2v) is 5.19. The molecule has 0 spiro atoms. The molecule has 1 rings (SSSR count). The number of rotatable bonds is 4. The van der Waals surface area contributed by atoms with Crippen LogP contribution < -0.4 is 5.32 Å². The number of halogens is 2. The van der Waals surface area contributed by atoms with Crippen LogP contribution in [0.25, 0.3) is 0 Å². The molecule has 0 aromatic heterocycles. The molecule has 4 heteroatoms. The second-order valence-electron chi connectivity index (χ2n) is 5.19. The van der Waals surface area contributed by atoms with Gasteiger partial charge >= 0.3 is 0 Å². The minimum Gasteiger partial charge on any atom is -0.378 e. The van der Waals surface area contributed by atoms with Crippen LogP contribution in [-0.2, 0) is 5.60 Å². The van der Waals surface area contributed by atoms with Gasteiger partial charge in [0.1, 0.15) is 0 Å². The summed E-state index contributed by atoms with van der Waals surface area (Å²) in [6.45, 7) is 5.41. The molecule has 0 saturated heterocycles. The molecule has 0 heterocycles. The third-order valence-corrected chi connectivity index (χ3v) is 2.52. The highest BCUT2D eigenvalue weighted by Gasteiger charge is 2.40. The van der Waals surface area contributed by atoms with E-state index in [9.17, 15) is 13.9 Å². The number of β-amino-alcohol motifs (C(OH)–C–C–N with tert-alkyl or cyclic N) is 1. The monoisotopic (exact) mass is 243 g/mol. The lowest BCUT2D eigenvalue weighted by atomic mass is 9.93. The summed E-state index contributed by atoms with van der Waals surface area (Å²) < 4.78 is 26.1. The van der Waals surface area contributed by atoms with Crippen LogP contribution in [0.1, 0.15) is 26.3 Å². The van der Waals surface area contributed by atoms with E-state index in [4.69, 9.17) is 0 Å². The predicted octanol–water partition coefficient (Wildman–Crippen LogP) is 2.53. The van der Waals surface area contributed by atoms with Crippen LogP contribution in [0.3, 0.4) is 0 Å². The van der Waals surface area contributed by atoms with Crippen molar-refractivity contribution in [3.8, 4) is 0 Å². The van der Waals surface area contributed by atoms with E-state index in [1.807, 2.05) is 20.8 Å². The Morgan fingerprint density at radius 3 is 2.12 bits per heavy atom. The molecule has 0 aliphatic heterocycles. The summed E-state index contributed by atoms with van der Waals surface area (Å²) in [7, 11) is 0. The molecule has 0 aliphatic carbocycles. The van der Waals surface area contributed by atoms with Gasteiger partial charge in [-0.3, -0.25) is 0 Å². The van der Waals surface area contributed by atoms with E-state index in [1.54, 1.807) is 18.2 Å². The van der Waals surface area contributed by atoms with Gasteiger partial charge < -0.3 is 10.4 Å². The Hall–Kier alpha value is -1.00. The van der Waals surface area contributed by atoms with Gasteiger partial charge in [0.05, 0.1) is 0 Å². The molecular weight excluding hydrogens is 224 g/mol. The first kappa shape index (κ1) is 14.1. The van der Waals surface area contributed by atoms with Crippen LogP contribution >= 0.6 is 0 Å². The van der Waals surface area contributed by atoms with Gasteiger partial charge in [-0.15, -0.1) is 0 Å². The lowest BCUT2D eigenvalue weighted by molar-refractivity contribution is -0.102. The van der Waals surface area contributed by atoms with E-state index in [0.717, 1.165) is 0 Å². The molecule has 0 fully saturated rings. The summed E-state index contributed by atoms with van der Waals surface area (Å²) in [4.78, 5) is 0. The summed E-state index contributed by atoms with van der Waals surface area (Å²) in [6, 6.07) is 8.03. The fourth-order valence-electron chi connectivity index (χ4n) is 1.43. The summed E-state index contributed by atoms with van der Waals surface area (Å²) in [6.07, 6.45) is -2.83. The molecule has 0 saturated carbocycles. The van der Waals surface area contributed by atoms with Gasteiger partial charge in [-0.2, -0.15) is 0 Å². The number of benzene rings is 1. The number of hydrogen-bond donors (Lipinski definition) is 2. The maximum Gasteiger partial charge on any atom is 0.272 e. The summed E-state index contributed by atoms with van der Waals surface area (Å²) in [5.74, 6) is 0. The van der Waals surface area contributed by atoms with Crippen LogP contribution in [0.5, 0.6) is 0 Å². The molecule has 1 atom stereocenters. The first-order chi connectivity index (χ1) is 7.76. The van der Waals surface area contributed by atoms with Gasteiger partial charge in [0, 0.05) is 12.1 Å². The average molecular weight is 243 g/mol. The molecule has 17 heavy (non-hydrogen) atoms. The predicted molar refractivity (Wildman–Crippen MR) is 64.1 cm³/mol. The summed E-state index contributed by atoms with van der Waals surface area (Å²) in [5.41, 5.74) is -2.24. The van der Waals surface area contributed by atoms with Gasteiger partial charge in [-0.1, -0.05) is 30.3 Å². The molecule has 0 radical (unpaired) electrons. The lowest BCUT2D eigenvalue weighted by Gasteiger charge is -2.32. The highest BCUT2D eigenvalue weighted by atomic mass is 19.3. The van der Waals surface area contributed by atoms with E-state index >= 15 is 0 Å². The highest BCUT2D eigenvalue weighted by Crippen LogP contribution is 2.28. The molecule has 0 amide bonds. The van der Waals surface area contributed by atoms with Crippen molar-refractivity contribution in [1.29, 1.82) is 0 Å². The van der Waals surface area contributed by atoms with Crippen molar-refractivity contribution in [1.82, 2.24) is 5.32 Å². The van der Waals surface area contributed by atoms with Crippen molar-refractivity contribution in [3.63, 3.8) is 0 Å². The number of hydrogen-bond acceptors (Lipinski definition) is 2. The SMILES string of the molecule is CC(C)(C)NCC(O)(c1ccccc1)C(F)F. The molecular formula is C13H19F2NO. The van der Waals surface area contributed by atoms with Gasteiger partial charge in [0.15, 0.2) is 5.60 Å². The Balaban J connectivity index is 2.91. The third-order valence-electron chi connectivity index (χ3n) is 2.52. The molecule has 0 aliphatic rings. The zero-order chi connectivity index (χ0) is 13.1. The van der Waals surface area contributed by atoms with Crippen molar-refractivity contribution in [3.05, 3.63) is 35.9 Å². The van der Waals surface area contributed by atoms with Crippen LogP contribution in [-0.4, -0.2) is 23.6 Å². The van der Waals surface area contributed by atoms with Crippen LogP contribution in [0, 0.1) is 0 Å². The summed E-state index contributed by atoms with van der Waals surface area (Å²) in [5, 5.41) is 13.0. The second kappa shape index (κ2) is 5.10. The largest absolute Gasteiger partial charge is 0.378 e. The fourth-order valence-corrected chi connectivity index (χ4v) is 1.43. The van der Waals surface area contributed by atoms with Crippen molar-refractivity contribution >= 4 is 0 Å². The molecule has 1 aromatic carbocycles. The van der Waals surface area contributed by atoms with Crippen LogP contribution in [0.2, 0.25) is 0 Å². The zero-order valence-corrected chi connectivity index (χ0v) is 10.4. The fraction of sp³-hybridized carbons (Fsp3) is 0.538. The minimum absolute atomic E-state index is 0.182. The Bertz CT molecular complexity index is 348. The van der Waals surface area contributed by atoms with Crippen molar-refractivity contribution in [2.24, 2.45) is 0 Å². The first-order valence-corrected chi connectivity index (χ1v) is 5.57. The third kappa shape index (κ3) is 3.75. The van der Waals surface area contributed by atoms with E-state index in [-0.39, 0.29) is 17.6 Å². The Morgan fingerprint density at radius 2 is 1.71 bits per heavy atom. The van der Waals surface area contributed by atoms with Crippen LogP contribution in [0.15, 0.2) is 30.3 Å². The summed E-state index contributed by atoms with van der Waals surface area (Å²) >= 11 is 0. The van der Waals surface area contributed by atoms with E-state index in [1.165, 1.54) is 12.1 Å². The smallest absolute Gasteiger partial charge is 0.272 e. The van der Waals surface area contributed by atoms with Gasteiger partial charge in [0.2, 0.25) is 0 Å². The zero-order valence-electron chi connectivity index (χ0n) is 10.4. The number of aliphatic hydroxyl groups is 1. The maximum absolute atomic E-state index is 13.1. The van der Waals surface area contributed by atoms with E-state index < -0.39 is 12.0 Å². The normalized spacial score (nSPS) is 15.9. The molecule has 1 unspecified atom stereocenters. The van der Waals surface area contributed by atoms with Crippen molar-refractivity contribution in [2.45, 2.75) is 38.3 Å². The van der Waals surface area contributed by atoms with E-state index in [0.29, 0.717) is 0 Å². The number of alkyl halides is 2. The molecule has 2 nitrogen and oxygen atoms in total. The molecule has 0 bridgehead atoms. The van der Waals surface area contributed by atoms with E-state index in [2.05, 4.69) is 5.32 Å². The lowest BCUT2D eigenvalue weighted by Crippen LogP contribution is -2.49. The molecule has 2 N–H and O–H groups in total. The highest BCUT2D eigenvalue weighted by molar-refractivity contribution is 5.23. The number of nitrogens with one attached hydrogen (secondary N) is 1.